The number of anilines is 1. The first-order chi connectivity index (χ1) is 30.0. The lowest BCUT2D eigenvalue weighted by Crippen LogP contribution is -2.57. The van der Waals surface area contributed by atoms with Crippen molar-refractivity contribution in [2.45, 2.75) is 135 Å². The van der Waals surface area contributed by atoms with Crippen molar-refractivity contribution in [1.82, 2.24) is 24.8 Å². The van der Waals surface area contributed by atoms with E-state index >= 15 is 4.39 Å². The summed E-state index contributed by atoms with van der Waals surface area (Å²) in [5.41, 5.74) is 6.34. The number of likely N-dealkylation sites (tertiary alicyclic amines) is 1. The number of halogens is 1. The fourth-order valence-electron chi connectivity index (χ4n) is 10.9. The Hall–Kier alpha value is -4.51. The monoisotopic (exact) mass is 878 g/mol. The molecule has 11 nitrogen and oxygen atoms in total. The molecule has 8 rings (SSSR count). The number of aromatic nitrogens is 3. The average Bonchev–Trinajstić information content (AvgIpc) is 3.68. The van der Waals surface area contributed by atoms with Gasteiger partial charge in [-0.1, -0.05) is 59.6 Å². The van der Waals surface area contributed by atoms with Crippen molar-refractivity contribution < 1.29 is 28.1 Å². The largest absolute Gasteiger partial charge is 0.468 e. The maximum atomic E-state index is 17.9. The van der Waals surface area contributed by atoms with Crippen LogP contribution in [0.3, 0.4) is 0 Å². The van der Waals surface area contributed by atoms with Crippen LogP contribution < -0.4 is 14.4 Å². The summed E-state index contributed by atoms with van der Waals surface area (Å²) < 4.78 is 41.6. The zero-order chi connectivity index (χ0) is 44.8. The van der Waals surface area contributed by atoms with Crippen molar-refractivity contribution in [1.29, 1.82) is 0 Å². The van der Waals surface area contributed by atoms with Crippen molar-refractivity contribution in [3.05, 3.63) is 47.9 Å². The lowest BCUT2D eigenvalue weighted by Gasteiger charge is -2.42. The molecule has 2 bridgehead atoms. The molecule has 5 heterocycles. The Bertz CT molecular complexity index is 2360. The van der Waals surface area contributed by atoms with Gasteiger partial charge < -0.3 is 28.7 Å². The molecule has 2 unspecified atom stereocenters. The van der Waals surface area contributed by atoms with Gasteiger partial charge in [-0.05, 0) is 113 Å². The van der Waals surface area contributed by atoms with E-state index < -0.39 is 19.5 Å². The molecule has 0 spiro atoms. The second-order valence-corrected chi connectivity index (χ2v) is 26.1. The molecule has 2 aromatic heterocycles. The quantitative estimate of drug-likeness (QED) is 0.0733. The van der Waals surface area contributed by atoms with Gasteiger partial charge in [0.05, 0.1) is 24.1 Å². The maximum absolute atomic E-state index is 17.9. The van der Waals surface area contributed by atoms with Gasteiger partial charge in [0.25, 0.3) is 0 Å². The highest BCUT2D eigenvalue weighted by Gasteiger charge is 2.47. The Kier molecular flexibility index (Phi) is 12.7. The molecule has 0 N–H and O–H groups in total. The minimum atomic E-state index is -2.11. The van der Waals surface area contributed by atoms with Crippen LogP contribution in [0.15, 0.2) is 36.5 Å². The molecular formula is C50H67FN6O5Si. The number of nitrogens with zero attached hydrogens (tertiary/aromatic N) is 6. The molecule has 2 aromatic carbocycles. The zero-order valence-corrected chi connectivity index (χ0v) is 40.1. The summed E-state index contributed by atoms with van der Waals surface area (Å²) in [5.74, 6) is 4.18. The van der Waals surface area contributed by atoms with E-state index in [0.29, 0.717) is 58.8 Å². The normalized spacial score (nSPS) is 20.0. The number of pyridine rings is 1. The van der Waals surface area contributed by atoms with E-state index in [0.717, 1.165) is 61.7 Å². The minimum absolute atomic E-state index is 0.0308. The Morgan fingerprint density at radius 3 is 2.27 bits per heavy atom. The van der Waals surface area contributed by atoms with Crippen LogP contribution in [-0.4, -0.2) is 110 Å². The fraction of sp³-hybridized carbons (Fsp3) is 0.600. The van der Waals surface area contributed by atoms with E-state index in [-0.39, 0.29) is 47.6 Å². The second kappa shape index (κ2) is 17.8. The molecule has 4 aliphatic rings. The number of ether oxygens (including phenoxy) is 4. The first kappa shape index (κ1) is 45.1. The number of carbonyl (C=O) groups is 1. The highest BCUT2D eigenvalue weighted by molar-refractivity contribution is 6.90. The summed E-state index contributed by atoms with van der Waals surface area (Å²) in [5, 5.41) is 2.15. The van der Waals surface area contributed by atoms with Crippen molar-refractivity contribution in [3.8, 4) is 34.5 Å². The van der Waals surface area contributed by atoms with Crippen LogP contribution in [0.5, 0.6) is 11.8 Å². The molecule has 1 saturated carbocycles. The Morgan fingerprint density at radius 2 is 1.65 bits per heavy atom. The molecule has 338 valence electrons. The highest BCUT2D eigenvalue weighted by Crippen LogP contribution is 2.48. The van der Waals surface area contributed by atoms with Crippen molar-refractivity contribution in [2.75, 3.05) is 58.1 Å². The van der Waals surface area contributed by atoms with E-state index in [1.165, 1.54) is 12.8 Å². The fourth-order valence-corrected chi connectivity index (χ4v) is 16.1. The Labute approximate surface area is 374 Å². The number of fused-ring (bicyclic) bond motifs is 4. The first-order valence-electron chi connectivity index (χ1n) is 23.2. The first-order valence-corrected chi connectivity index (χ1v) is 25.5. The van der Waals surface area contributed by atoms with E-state index in [9.17, 15) is 4.79 Å². The minimum Gasteiger partial charge on any atom is -0.468 e. The van der Waals surface area contributed by atoms with Gasteiger partial charge in [0.1, 0.15) is 36.5 Å². The Balaban J connectivity index is 1.25. The molecule has 3 aliphatic heterocycles. The van der Waals surface area contributed by atoms with Gasteiger partial charge in [-0.15, -0.1) is 5.54 Å². The Morgan fingerprint density at radius 1 is 0.968 bits per heavy atom. The third kappa shape index (κ3) is 9.10. The topological polar surface area (TPSA) is 102 Å². The molecule has 4 fully saturated rings. The van der Waals surface area contributed by atoms with Crippen molar-refractivity contribution in [2.24, 2.45) is 5.41 Å². The summed E-state index contributed by atoms with van der Waals surface area (Å²) in [6.07, 6.45) is 7.71. The van der Waals surface area contributed by atoms with Crippen molar-refractivity contribution >= 4 is 41.7 Å². The van der Waals surface area contributed by atoms with Crippen LogP contribution in [-0.2, 0) is 9.47 Å². The standard InChI is InChI=1S/C50H67FN6O5Si/c1-32(2)63(33(3)4,34(5)6)23-18-35-14-13-15-36-24-39(61-31-59-10)25-40(42(35)36)44-43(51)45-41(26-52-44)46(54-47(53-45)60-30-50(19-20-50)29-55-21-11-12-22-55)56-27-37-16-17-38(28-56)57(37)48(58)62-49(7,8)9/h13-15,24-26,32-34,37-38H,11-12,16-17,19-22,27-31H2,1-10H3. The lowest BCUT2D eigenvalue weighted by atomic mass is 9.96. The number of amides is 1. The van der Waals surface area contributed by atoms with Crippen molar-refractivity contribution in [3.63, 3.8) is 0 Å². The number of methoxy groups -OCH3 is 1. The third-order valence-corrected chi connectivity index (χ3v) is 20.4. The second-order valence-electron chi connectivity index (χ2n) is 20.5. The van der Waals surface area contributed by atoms with Crippen LogP contribution in [0, 0.1) is 22.7 Å². The molecule has 63 heavy (non-hydrogen) atoms. The number of piperazine rings is 1. The van der Waals surface area contributed by atoms with Crippen LogP contribution in [0.4, 0.5) is 15.0 Å². The average molecular weight is 879 g/mol. The molecule has 2 atom stereocenters. The van der Waals surface area contributed by atoms with E-state index in [2.05, 4.69) is 62.8 Å². The maximum Gasteiger partial charge on any atom is 0.410 e. The predicted octanol–water partition coefficient (Wildman–Crippen LogP) is 10.4. The highest BCUT2D eigenvalue weighted by atomic mass is 28.3. The van der Waals surface area contributed by atoms with Gasteiger partial charge in [0, 0.05) is 54.9 Å². The molecular weight excluding hydrogens is 812 g/mol. The number of carbonyl (C=O) groups excluding carboxylic acids is 1. The molecule has 3 saturated heterocycles. The molecule has 1 aliphatic carbocycles. The predicted molar refractivity (Wildman–Crippen MR) is 251 cm³/mol. The summed E-state index contributed by atoms with van der Waals surface area (Å²) in [6.45, 7) is 24.3. The molecule has 1 amide bonds. The lowest BCUT2D eigenvalue weighted by molar-refractivity contribution is 0.0122. The number of rotatable bonds is 13. The number of benzene rings is 2. The molecule has 13 heteroatoms. The van der Waals surface area contributed by atoms with Gasteiger partial charge >= 0.3 is 12.1 Å². The van der Waals surface area contributed by atoms with Gasteiger partial charge in [0.15, 0.2) is 12.6 Å². The van der Waals surface area contributed by atoms with Gasteiger partial charge in [-0.25, -0.2) is 9.18 Å². The number of hydrogen-bond donors (Lipinski definition) is 0. The SMILES string of the molecule is COCOc1cc(-c2ncc3c(N4CC5CCC(C4)N5C(=O)OC(C)(C)C)nc(OCC4(CN5CCCC5)CC4)nc3c2F)c2c(C#C[Si](C(C)C)(C(C)C)C(C)C)cccc2c1. The smallest absolute Gasteiger partial charge is 0.410 e. The van der Waals surface area contributed by atoms with Gasteiger partial charge in [0.2, 0.25) is 0 Å². The van der Waals surface area contributed by atoms with Crippen LogP contribution in [0.1, 0.15) is 106 Å². The third-order valence-electron chi connectivity index (χ3n) is 14.1. The van der Waals surface area contributed by atoms with Crippen LogP contribution in [0.2, 0.25) is 16.6 Å². The van der Waals surface area contributed by atoms with E-state index in [1.807, 2.05) is 56.0 Å². The van der Waals surface area contributed by atoms with Crippen LogP contribution in [0.25, 0.3) is 32.9 Å². The molecule has 0 radical (unpaired) electrons. The number of hydrogen-bond acceptors (Lipinski definition) is 10. The summed E-state index contributed by atoms with van der Waals surface area (Å²) in [6, 6.07) is 9.81. The van der Waals surface area contributed by atoms with Gasteiger partial charge in [-0.2, -0.15) is 9.97 Å². The summed E-state index contributed by atoms with van der Waals surface area (Å²) >= 11 is 0. The summed E-state index contributed by atoms with van der Waals surface area (Å²) in [4.78, 5) is 34.9. The van der Waals surface area contributed by atoms with E-state index in [4.69, 9.17) is 33.9 Å². The van der Waals surface area contributed by atoms with Crippen LogP contribution >= 0.6 is 0 Å². The molecule has 4 aromatic rings. The van der Waals surface area contributed by atoms with Gasteiger partial charge in [-0.3, -0.25) is 9.88 Å². The van der Waals surface area contributed by atoms with E-state index in [1.54, 1.807) is 13.3 Å². The summed E-state index contributed by atoms with van der Waals surface area (Å²) in [7, 11) is -0.538. The zero-order valence-electron chi connectivity index (χ0n) is 39.1.